The molecule has 1 aliphatic heterocycles. The van der Waals surface area contributed by atoms with Crippen LogP contribution in [-0.4, -0.2) is 36.5 Å². The number of carbonyl (C=O) groups is 2. The summed E-state index contributed by atoms with van der Waals surface area (Å²) >= 11 is 0. The van der Waals surface area contributed by atoms with Crippen molar-refractivity contribution >= 4 is 11.7 Å². The van der Waals surface area contributed by atoms with Gasteiger partial charge in [0.25, 0.3) is 5.78 Å². The first-order chi connectivity index (χ1) is 8.23. The van der Waals surface area contributed by atoms with E-state index in [-0.39, 0.29) is 0 Å². The molecule has 1 fully saturated rings. The van der Waals surface area contributed by atoms with Crippen molar-refractivity contribution in [3.05, 3.63) is 0 Å². The normalized spacial score (nSPS) is 22.0. The summed E-state index contributed by atoms with van der Waals surface area (Å²) in [5.41, 5.74) is 0. The second-order valence-electron chi connectivity index (χ2n) is 4.74. The summed E-state index contributed by atoms with van der Waals surface area (Å²) < 4.78 is 37.1. The highest BCUT2D eigenvalue weighted by Crippen LogP contribution is 2.21. The quantitative estimate of drug-likeness (QED) is 0.798. The first-order valence-electron chi connectivity index (χ1n) is 5.88. The zero-order chi connectivity index (χ0) is 13.9. The van der Waals surface area contributed by atoms with Gasteiger partial charge in [0.2, 0.25) is 5.91 Å². The van der Waals surface area contributed by atoms with Crippen LogP contribution >= 0.6 is 0 Å². The van der Waals surface area contributed by atoms with Crippen LogP contribution in [0.4, 0.5) is 13.2 Å². The molecule has 0 radical (unpaired) electrons. The van der Waals surface area contributed by atoms with Crippen LogP contribution in [0, 0.1) is 5.92 Å². The van der Waals surface area contributed by atoms with E-state index in [9.17, 15) is 22.8 Å². The number of rotatable bonds is 4. The Balaban J connectivity index is 2.68. The number of amides is 1. The van der Waals surface area contributed by atoms with Gasteiger partial charge in [-0.2, -0.15) is 13.2 Å². The van der Waals surface area contributed by atoms with Crippen molar-refractivity contribution in [1.29, 1.82) is 0 Å². The largest absolute Gasteiger partial charge is 0.452 e. The average Bonchev–Trinajstić information content (AvgIpc) is 2.76. The van der Waals surface area contributed by atoms with E-state index in [2.05, 4.69) is 10.6 Å². The zero-order valence-corrected chi connectivity index (χ0v) is 10.3. The molecule has 0 saturated carbocycles. The van der Waals surface area contributed by atoms with Crippen molar-refractivity contribution in [3.8, 4) is 0 Å². The molecule has 0 spiro atoms. The molecule has 0 aromatic carbocycles. The molecule has 104 valence electrons. The van der Waals surface area contributed by atoms with Gasteiger partial charge >= 0.3 is 6.18 Å². The summed E-state index contributed by atoms with van der Waals surface area (Å²) in [6, 6.07) is -2.01. The van der Waals surface area contributed by atoms with E-state index in [1.807, 2.05) is 0 Å². The highest BCUT2D eigenvalue weighted by molar-refractivity contribution is 5.94. The second kappa shape index (κ2) is 5.69. The van der Waals surface area contributed by atoms with Crippen LogP contribution in [0.1, 0.15) is 26.7 Å². The van der Waals surface area contributed by atoms with Gasteiger partial charge in [-0.1, -0.05) is 13.8 Å². The lowest BCUT2D eigenvalue weighted by Gasteiger charge is -2.23. The maximum Gasteiger partial charge on any atom is 0.452 e. The van der Waals surface area contributed by atoms with E-state index in [4.69, 9.17) is 0 Å². The molecule has 1 saturated heterocycles. The summed E-state index contributed by atoms with van der Waals surface area (Å²) in [4.78, 5) is 22.9. The highest BCUT2D eigenvalue weighted by atomic mass is 19.4. The molecule has 1 rings (SSSR count). The second-order valence-corrected chi connectivity index (χ2v) is 4.74. The van der Waals surface area contributed by atoms with Gasteiger partial charge in [0.05, 0.1) is 12.1 Å². The Morgan fingerprint density at radius 2 is 1.94 bits per heavy atom. The molecule has 7 heteroatoms. The van der Waals surface area contributed by atoms with Gasteiger partial charge in [0.15, 0.2) is 0 Å². The van der Waals surface area contributed by atoms with E-state index in [0.717, 1.165) is 6.42 Å². The fourth-order valence-corrected chi connectivity index (χ4v) is 1.87. The SMILES string of the molecule is CC(C)[C@H](NC(=O)[C@@H]1CCCN1)C(=O)C(F)(F)F. The van der Waals surface area contributed by atoms with E-state index in [0.29, 0.717) is 13.0 Å². The first-order valence-corrected chi connectivity index (χ1v) is 5.88. The molecular weight excluding hydrogens is 249 g/mol. The molecule has 0 unspecified atom stereocenters. The first kappa shape index (κ1) is 14.9. The third kappa shape index (κ3) is 3.69. The lowest BCUT2D eigenvalue weighted by molar-refractivity contribution is -0.175. The van der Waals surface area contributed by atoms with E-state index in [1.165, 1.54) is 13.8 Å². The molecule has 1 aliphatic rings. The minimum absolute atomic E-state index is 0.493. The van der Waals surface area contributed by atoms with Gasteiger partial charge in [-0.15, -0.1) is 0 Å². The van der Waals surface area contributed by atoms with Gasteiger partial charge in [0, 0.05) is 0 Å². The molecular formula is C11H17F3N2O2. The van der Waals surface area contributed by atoms with E-state index < -0.39 is 35.9 Å². The molecule has 4 nitrogen and oxygen atoms in total. The zero-order valence-electron chi connectivity index (χ0n) is 10.3. The number of halogens is 3. The maximum atomic E-state index is 12.4. The smallest absolute Gasteiger partial charge is 0.344 e. The van der Waals surface area contributed by atoms with Crippen molar-refractivity contribution in [2.75, 3.05) is 6.54 Å². The molecule has 0 bridgehead atoms. The predicted molar refractivity (Wildman–Crippen MR) is 58.9 cm³/mol. The van der Waals surface area contributed by atoms with Crippen LogP contribution in [0.3, 0.4) is 0 Å². The van der Waals surface area contributed by atoms with Crippen LogP contribution in [0.2, 0.25) is 0 Å². The summed E-state index contributed by atoms with van der Waals surface area (Å²) in [5.74, 6) is -3.04. The fraction of sp³-hybridized carbons (Fsp3) is 0.818. The summed E-state index contributed by atoms with van der Waals surface area (Å²) in [6.07, 6.45) is -3.54. The summed E-state index contributed by atoms with van der Waals surface area (Å²) in [7, 11) is 0. The van der Waals surface area contributed by atoms with Crippen molar-refractivity contribution < 1.29 is 22.8 Å². The predicted octanol–water partition coefficient (Wildman–Crippen LogP) is 1.01. The van der Waals surface area contributed by atoms with Crippen molar-refractivity contribution in [2.45, 2.75) is 44.9 Å². The van der Waals surface area contributed by atoms with Gasteiger partial charge in [-0.25, -0.2) is 0 Å². The number of carbonyl (C=O) groups excluding carboxylic acids is 2. The number of nitrogens with one attached hydrogen (secondary N) is 2. The monoisotopic (exact) mass is 266 g/mol. The van der Waals surface area contributed by atoms with E-state index >= 15 is 0 Å². The Bertz CT molecular complexity index is 323. The maximum absolute atomic E-state index is 12.4. The third-order valence-electron chi connectivity index (χ3n) is 2.90. The van der Waals surface area contributed by atoms with Crippen LogP contribution in [0.5, 0.6) is 0 Å². The number of ketones is 1. The molecule has 0 aliphatic carbocycles. The number of Topliss-reactive ketones (excluding diaryl/α,β-unsaturated/α-hetero) is 1. The van der Waals surface area contributed by atoms with Crippen LogP contribution in [0.15, 0.2) is 0 Å². The van der Waals surface area contributed by atoms with Crippen LogP contribution < -0.4 is 10.6 Å². The Kier molecular flexibility index (Phi) is 4.72. The minimum atomic E-state index is -4.93. The molecule has 2 atom stereocenters. The van der Waals surface area contributed by atoms with Crippen molar-refractivity contribution in [3.63, 3.8) is 0 Å². The molecule has 2 N–H and O–H groups in total. The molecule has 0 aromatic rings. The lowest BCUT2D eigenvalue weighted by atomic mass is 9.99. The van der Waals surface area contributed by atoms with Crippen molar-refractivity contribution in [1.82, 2.24) is 10.6 Å². The Morgan fingerprint density at radius 1 is 1.33 bits per heavy atom. The van der Waals surface area contributed by atoms with Gasteiger partial charge in [-0.3, -0.25) is 9.59 Å². The summed E-state index contributed by atoms with van der Waals surface area (Å²) in [5, 5.41) is 5.07. The number of hydrogen-bond donors (Lipinski definition) is 2. The topological polar surface area (TPSA) is 58.2 Å². The molecule has 1 heterocycles. The Labute approximate surface area is 103 Å². The highest BCUT2D eigenvalue weighted by Gasteiger charge is 2.45. The Morgan fingerprint density at radius 3 is 2.33 bits per heavy atom. The molecule has 18 heavy (non-hydrogen) atoms. The van der Waals surface area contributed by atoms with Gasteiger partial charge in [0.1, 0.15) is 0 Å². The molecule has 1 amide bonds. The average molecular weight is 266 g/mol. The fourth-order valence-electron chi connectivity index (χ4n) is 1.87. The number of alkyl halides is 3. The standard InChI is InChI=1S/C11H17F3N2O2/c1-6(2)8(9(17)11(12,13)14)16-10(18)7-4-3-5-15-7/h6-8,15H,3-5H2,1-2H3,(H,16,18)/t7-,8-/m0/s1. The van der Waals surface area contributed by atoms with Gasteiger partial charge in [-0.05, 0) is 25.3 Å². The number of hydrogen-bond acceptors (Lipinski definition) is 3. The van der Waals surface area contributed by atoms with Gasteiger partial charge < -0.3 is 10.6 Å². The minimum Gasteiger partial charge on any atom is -0.344 e. The van der Waals surface area contributed by atoms with Crippen LogP contribution in [0.25, 0.3) is 0 Å². The third-order valence-corrected chi connectivity index (χ3v) is 2.90. The Hall–Kier alpha value is -1.11. The lowest BCUT2D eigenvalue weighted by Crippen LogP contribution is -2.53. The van der Waals surface area contributed by atoms with E-state index in [1.54, 1.807) is 0 Å². The summed E-state index contributed by atoms with van der Waals surface area (Å²) in [6.45, 7) is 3.60. The van der Waals surface area contributed by atoms with Crippen LogP contribution in [-0.2, 0) is 9.59 Å². The molecule has 0 aromatic heterocycles. The van der Waals surface area contributed by atoms with Crippen molar-refractivity contribution in [2.24, 2.45) is 5.92 Å².